The Hall–Kier alpha value is 0.0799. The first kappa shape index (κ1) is 16.9. The molecule has 0 aromatic heterocycles. The lowest BCUT2D eigenvalue weighted by atomic mass is 9.96. The lowest BCUT2D eigenvalue weighted by molar-refractivity contribution is -0.0331. The molecular weight excluding hydrogens is 313 g/mol. The van der Waals surface area contributed by atoms with E-state index >= 15 is 0 Å². The highest BCUT2D eigenvalue weighted by molar-refractivity contribution is 7.47. The van der Waals surface area contributed by atoms with Gasteiger partial charge in [-0.3, -0.25) is 9.05 Å². The van der Waals surface area contributed by atoms with Gasteiger partial charge in [0.05, 0.1) is 25.4 Å². The van der Waals surface area contributed by atoms with E-state index in [9.17, 15) is 9.46 Å². The average molecular weight is 333 g/mol. The van der Waals surface area contributed by atoms with Crippen molar-refractivity contribution in [1.29, 1.82) is 1.43 Å². The van der Waals surface area contributed by atoms with E-state index in [1.54, 1.807) is 0 Å². The van der Waals surface area contributed by atoms with Gasteiger partial charge in [-0.25, -0.2) is 4.57 Å². The molecule has 3 unspecified atom stereocenters. The fraction of sp³-hybridized carbons (Fsp3) is 1.00. The Balaban J connectivity index is 1.85. The summed E-state index contributed by atoms with van der Waals surface area (Å²) in [6.45, 7) is -0.343. The number of hydrogen-bond donors (Lipinski definition) is 2. The Morgan fingerprint density at radius 1 is 1.27 bits per heavy atom. The lowest BCUT2D eigenvalue weighted by Crippen LogP contribution is -2.30. The van der Waals surface area contributed by atoms with Crippen molar-refractivity contribution in [3.05, 3.63) is 0 Å². The van der Waals surface area contributed by atoms with Crippen LogP contribution in [0, 0.1) is 0 Å². The molecule has 2 N–H and O–H groups in total. The van der Waals surface area contributed by atoms with Crippen molar-refractivity contribution in [1.82, 2.24) is 0 Å². The molecule has 0 amide bonds. The van der Waals surface area contributed by atoms with Crippen molar-refractivity contribution in [3.63, 3.8) is 0 Å². The number of aliphatic hydroxyl groups excluding tert-OH is 1. The highest BCUT2D eigenvalue weighted by Gasteiger charge is 2.40. The van der Waals surface area contributed by atoms with E-state index in [2.05, 4.69) is 5.11 Å². The van der Waals surface area contributed by atoms with Crippen LogP contribution in [0.15, 0.2) is 0 Å². The van der Waals surface area contributed by atoms with E-state index in [1.165, 1.54) is 7.11 Å². The summed E-state index contributed by atoms with van der Waals surface area (Å²) in [6, 6.07) is -1.17. The largest absolute Gasteiger partial charge is 0.472 e. The summed E-state index contributed by atoms with van der Waals surface area (Å²) in [6.07, 6.45) is -1.75. The molecule has 0 saturated carbocycles. The van der Waals surface area contributed by atoms with E-state index in [1.807, 2.05) is 0 Å². The van der Waals surface area contributed by atoms with Gasteiger partial charge in [0.1, 0.15) is 27.9 Å². The quantitative estimate of drug-likeness (QED) is 0.434. The number of phosphoric ester groups is 1. The SMILES string of the molecule is [2H]OC[C@H]1O[C@@H]([B])CC1OP(=O)(O)OC[C@H]1O[C@@H]([B])CC1OC. The topological polar surface area (TPSA) is 104 Å². The van der Waals surface area contributed by atoms with Crippen LogP contribution in [0.4, 0.5) is 0 Å². The van der Waals surface area contributed by atoms with Crippen molar-refractivity contribution in [3.8, 4) is 0 Å². The zero-order valence-corrected chi connectivity index (χ0v) is 13.1. The fourth-order valence-electron chi connectivity index (χ4n) is 2.52. The zero-order valence-electron chi connectivity index (χ0n) is 13.2. The second kappa shape index (κ2) is 7.77. The van der Waals surface area contributed by atoms with Gasteiger partial charge >= 0.3 is 7.82 Å². The minimum absolute atomic E-state index is 0.134. The summed E-state index contributed by atoms with van der Waals surface area (Å²) >= 11 is 0. The smallest absolute Gasteiger partial charge is 0.394 e. The van der Waals surface area contributed by atoms with Crippen LogP contribution in [-0.4, -0.2) is 83.9 Å². The number of hydrogen-bond acceptors (Lipinski definition) is 7. The van der Waals surface area contributed by atoms with Crippen LogP contribution < -0.4 is 0 Å². The number of aliphatic hydroxyl groups is 1. The molecule has 4 radical (unpaired) electrons. The normalized spacial score (nSPS) is 42.2. The van der Waals surface area contributed by atoms with E-state index < -0.39 is 38.1 Å². The average Bonchev–Trinajstić information content (AvgIpc) is 2.99. The highest BCUT2D eigenvalue weighted by atomic mass is 31.2. The third kappa shape index (κ3) is 4.79. The van der Waals surface area contributed by atoms with Crippen LogP contribution in [0.3, 0.4) is 0 Å². The van der Waals surface area contributed by atoms with Gasteiger partial charge in [-0.05, 0) is 12.8 Å². The molecule has 2 rings (SSSR count). The van der Waals surface area contributed by atoms with Gasteiger partial charge in [0.25, 0.3) is 0 Å². The maximum atomic E-state index is 12.1. The standard InChI is InChI=1S/C11H19B2O8P/c1-17-6-2-10(12)20-9(6)5-18-22(15,16)21-7-3-11(13)19-8(7)4-14/h6-11,14H,2-5H2,1H3,(H,15,16)/t6?,7?,8-,9-,10-,11-/m1/s1/i14D. The fourth-order valence-corrected chi connectivity index (χ4v) is 3.48. The van der Waals surface area contributed by atoms with E-state index in [4.69, 9.17) is 40.4 Å². The molecule has 8 nitrogen and oxygen atoms in total. The molecule has 2 aliphatic rings. The molecule has 122 valence electrons. The van der Waals surface area contributed by atoms with Gasteiger partial charge < -0.3 is 24.2 Å². The summed E-state index contributed by atoms with van der Waals surface area (Å²) in [4.78, 5) is 9.83. The first-order chi connectivity index (χ1) is 10.8. The summed E-state index contributed by atoms with van der Waals surface area (Å²) in [7, 11) is 8.38. The molecule has 2 heterocycles. The van der Waals surface area contributed by atoms with E-state index in [-0.39, 0.29) is 25.7 Å². The van der Waals surface area contributed by atoms with Crippen molar-refractivity contribution >= 4 is 23.5 Å². The maximum absolute atomic E-state index is 12.1. The third-order valence-electron chi connectivity index (χ3n) is 3.60. The van der Waals surface area contributed by atoms with Gasteiger partial charge in [0.2, 0.25) is 1.43 Å². The number of ether oxygens (including phenoxy) is 3. The number of rotatable bonds is 8. The molecule has 11 heteroatoms. The van der Waals surface area contributed by atoms with Gasteiger partial charge in [-0.2, -0.15) is 0 Å². The molecule has 22 heavy (non-hydrogen) atoms. The first-order valence-electron chi connectivity index (χ1n) is 7.34. The predicted octanol–water partition coefficient (Wildman–Crippen LogP) is -0.937. The summed E-state index contributed by atoms with van der Waals surface area (Å²) in [5.74, 6) is 0. The molecule has 2 saturated heterocycles. The highest BCUT2D eigenvalue weighted by Crippen LogP contribution is 2.47. The van der Waals surface area contributed by atoms with Gasteiger partial charge in [0.15, 0.2) is 0 Å². The van der Waals surface area contributed by atoms with Crippen LogP contribution in [0.2, 0.25) is 0 Å². The van der Waals surface area contributed by atoms with Gasteiger partial charge in [0, 0.05) is 19.1 Å². The predicted molar refractivity (Wildman–Crippen MR) is 76.6 cm³/mol. The minimum atomic E-state index is -4.37. The molecule has 0 aromatic carbocycles. The second-order valence-corrected chi connectivity index (χ2v) is 6.65. The molecule has 7 atom stereocenters. The lowest BCUT2D eigenvalue weighted by Gasteiger charge is -2.22. The molecule has 0 bridgehead atoms. The Kier molecular flexibility index (Phi) is 5.97. The number of methoxy groups -OCH3 is 1. The van der Waals surface area contributed by atoms with Crippen molar-refractivity contribution in [2.45, 2.75) is 49.3 Å². The maximum Gasteiger partial charge on any atom is 0.472 e. The molecule has 0 spiro atoms. The molecule has 2 aliphatic heterocycles. The molecule has 2 fully saturated rings. The third-order valence-corrected chi connectivity index (χ3v) is 4.61. The summed E-state index contributed by atoms with van der Waals surface area (Å²) in [5, 5.41) is 4.23. The monoisotopic (exact) mass is 333 g/mol. The summed E-state index contributed by atoms with van der Waals surface area (Å²) < 4.78 is 44.6. The molecule has 0 aliphatic carbocycles. The first-order valence-corrected chi connectivity index (χ1v) is 8.43. The zero-order chi connectivity index (χ0) is 17.0. The van der Waals surface area contributed by atoms with Crippen molar-refractivity contribution in [2.75, 3.05) is 20.3 Å². The van der Waals surface area contributed by atoms with Crippen LogP contribution in [0.1, 0.15) is 12.8 Å². The Labute approximate surface area is 133 Å². The number of phosphoric acid groups is 1. The van der Waals surface area contributed by atoms with Crippen LogP contribution in [0.25, 0.3) is 0 Å². The van der Waals surface area contributed by atoms with Crippen molar-refractivity contribution in [2.24, 2.45) is 0 Å². The Morgan fingerprint density at radius 2 is 1.91 bits per heavy atom. The van der Waals surface area contributed by atoms with Crippen molar-refractivity contribution < 1.29 is 37.8 Å². The minimum Gasteiger partial charge on any atom is -0.394 e. The van der Waals surface area contributed by atoms with Crippen LogP contribution in [0.5, 0.6) is 0 Å². The summed E-state index contributed by atoms with van der Waals surface area (Å²) in [5.41, 5.74) is 0. The van der Waals surface area contributed by atoms with Gasteiger partial charge in [-0.15, -0.1) is 0 Å². The Morgan fingerprint density at radius 3 is 2.55 bits per heavy atom. The Bertz CT molecular complexity index is 433. The van der Waals surface area contributed by atoms with E-state index in [0.717, 1.165) is 0 Å². The van der Waals surface area contributed by atoms with Crippen LogP contribution >= 0.6 is 7.82 Å². The van der Waals surface area contributed by atoms with E-state index in [0.29, 0.717) is 6.42 Å². The molecular formula is C11H19B2O8P. The molecule has 0 aromatic rings. The second-order valence-electron chi connectivity index (χ2n) is 5.25. The van der Waals surface area contributed by atoms with Gasteiger partial charge in [-0.1, -0.05) is 0 Å². The van der Waals surface area contributed by atoms with Crippen LogP contribution in [-0.2, 0) is 27.8 Å².